The van der Waals surface area contributed by atoms with Gasteiger partial charge in [0.1, 0.15) is 0 Å². The van der Waals surface area contributed by atoms with Crippen molar-refractivity contribution in [2.24, 2.45) is 0 Å². The molecule has 2 rings (SSSR count). The molecule has 0 saturated carbocycles. The van der Waals surface area contributed by atoms with E-state index in [1.54, 1.807) is 0 Å². The van der Waals surface area contributed by atoms with Crippen molar-refractivity contribution in [1.82, 2.24) is 5.32 Å². The Labute approximate surface area is 92.3 Å². The smallest absolute Gasteiger partial charge is 0.0591 e. The number of hydrogen-bond donors (Lipinski definition) is 2. The summed E-state index contributed by atoms with van der Waals surface area (Å²) in [5.41, 5.74) is 2.62. The molecule has 2 unspecified atom stereocenters. The van der Waals surface area contributed by atoms with Crippen LogP contribution in [0, 0.1) is 6.92 Å². The van der Waals surface area contributed by atoms with Crippen LogP contribution in [0.4, 0.5) is 0 Å². The fourth-order valence-corrected chi connectivity index (χ4v) is 1.76. The average molecular weight is 207 g/mol. The SMILES string of the molecule is CC.Cc1ccc(C2CNC2CO)cc1. The van der Waals surface area contributed by atoms with E-state index in [9.17, 15) is 0 Å². The molecule has 1 saturated heterocycles. The Morgan fingerprint density at radius 2 is 1.87 bits per heavy atom. The maximum Gasteiger partial charge on any atom is 0.0591 e. The van der Waals surface area contributed by atoms with E-state index in [4.69, 9.17) is 5.11 Å². The molecular formula is C13H21NO. The molecule has 1 aliphatic rings. The van der Waals surface area contributed by atoms with Gasteiger partial charge in [-0.15, -0.1) is 0 Å². The third kappa shape index (κ3) is 2.80. The summed E-state index contributed by atoms with van der Waals surface area (Å²) < 4.78 is 0. The Bertz CT molecular complexity index is 279. The Morgan fingerprint density at radius 3 is 2.27 bits per heavy atom. The summed E-state index contributed by atoms with van der Waals surface area (Å²) in [5, 5.41) is 12.2. The van der Waals surface area contributed by atoms with Gasteiger partial charge in [0.25, 0.3) is 0 Å². The minimum Gasteiger partial charge on any atom is -0.395 e. The van der Waals surface area contributed by atoms with E-state index in [0.29, 0.717) is 5.92 Å². The number of nitrogens with one attached hydrogen (secondary N) is 1. The summed E-state index contributed by atoms with van der Waals surface area (Å²) in [7, 11) is 0. The van der Waals surface area contributed by atoms with Crippen LogP contribution in [-0.4, -0.2) is 24.3 Å². The van der Waals surface area contributed by atoms with Gasteiger partial charge in [-0.3, -0.25) is 0 Å². The predicted octanol–water partition coefficient (Wildman–Crippen LogP) is 2.07. The molecule has 2 N–H and O–H groups in total. The predicted molar refractivity (Wildman–Crippen MR) is 64.1 cm³/mol. The molecule has 0 bridgehead atoms. The zero-order valence-corrected chi connectivity index (χ0v) is 9.83. The van der Waals surface area contributed by atoms with Crippen LogP contribution in [-0.2, 0) is 0 Å². The zero-order valence-electron chi connectivity index (χ0n) is 9.83. The number of aryl methyl sites for hydroxylation is 1. The summed E-state index contributed by atoms with van der Waals surface area (Å²) in [6.45, 7) is 7.32. The van der Waals surface area contributed by atoms with Crippen molar-refractivity contribution in [3.05, 3.63) is 35.4 Å². The van der Waals surface area contributed by atoms with E-state index in [-0.39, 0.29) is 12.6 Å². The minimum absolute atomic E-state index is 0.235. The highest BCUT2D eigenvalue weighted by molar-refractivity contribution is 5.28. The van der Waals surface area contributed by atoms with Crippen molar-refractivity contribution in [3.63, 3.8) is 0 Å². The molecule has 2 nitrogen and oxygen atoms in total. The lowest BCUT2D eigenvalue weighted by Crippen LogP contribution is -2.53. The Hall–Kier alpha value is -0.860. The van der Waals surface area contributed by atoms with Crippen molar-refractivity contribution < 1.29 is 5.11 Å². The number of aliphatic hydroxyl groups excluding tert-OH is 1. The van der Waals surface area contributed by atoms with Gasteiger partial charge in [0.05, 0.1) is 6.61 Å². The minimum atomic E-state index is 0.235. The molecular weight excluding hydrogens is 186 g/mol. The highest BCUT2D eigenvalue weighted by Crippen LogP contribution is 2.25. The molecule has 1 aromatic rings. The molecule has 1 aliphatic heterocycles. The van der Waals surface area contributed by atoms with Gasteiger partial charge in [-0.05, 0) is 12.5 Å². The van der Waals surface area contributed by atoms with Gasteiger partial charge < -0.3 is 10.4 Å². The number of aliphatic hydroxyl groups is 1. The van der Waals surface area contributed by atoms with Gasteiger partial charge in [0, 0.05) is 18.5 Å². The summed E-state index contributed by atoms with van der Waals surface area (Å²) in [6.07, 6.45) is 0. The first-order valence-corrected chi connectivity index (χ1v) is 5.72. The first-order valence-electron chi connectivity index (χ1n) is 5.72. The van der Waals surface area contributed by atoms with Crippen LogP contribution in [0.5, 0.6) is 0 Å². The third-order valence-electron chi connectivity index (χ3n) is 2.79. The molecule has 2 atom stereocenters. The second-order valence-electron chi connectivity index (χ2n) is 3.71. The highest BCUT2D eigenvalue weighted by atomic mass is 16.3. The number of rotatable bonds is 2. The standard InChI is InChI=1S/C11H15NO.C2H6/c1-8-2-4-9(5-3-8)10-6-12-11(10)7-13;1-2/h2-5,10-13H,6-7H2,1H3;1-2H3. The molecule has 0 aliphatic carbocycles. The Morgan fingerprint density at radius 1 is 1.27 bits per heavy atom. The molecule has 15 heavy (non-hydrogen) atoms. The zero-order chi connectivity index (χ0) is 11.3. The topological polar surface area (TPSA) is 32.3 Å². The van der Waals surface area contributed by atoms with Gasteiger partial charge >= 0.3 is 0 Å². The lowest BCUT2D eigenvalue weighted by molar-refractivity contribution is 0.175. The monoisotopic (exact) mass is 207 g/mol. The van der Waals surface area contributed by atoms with Gasteiger partial charge in [-0.25, -0.2) is 0 Å². The molecule has 84 valence electrons. The lowest BCUT2D eigenvalue weighted by Gasteiger charge is -2.37. The summed E-state index contributed by atoms with van der Waals surface area (Å²) in [4.78, 5) is 0. The Balaban J connectivity index is 0.000000531. The van der Waals surface area contributed by atoms with Gasteiger partial charge in [-0.1, -0.05) is 43.7 Å². The maximum absolute atomic E-state index is 9.01. The van der Waals surface area contributed by atoms with Crippen molar-refractivity contribution >= 4 is 0 Å². The highest BCUT2D eigenvalue weighted by Gasteiger charge is 2.30. The van der Waals surface area contributed by atoms with Crippen molar-refractivity contribution in [3.8, 4) is 0 Å². The molecule has 1 fully saturated rings. The number of benzene rings is 1. The first-order chi connectivity index (χ1) is 7.31. The third-order valence-corrected chi connectivity index (χ3v) is 2.79. The van der Waals surface area contributed by atoms with Gasteiger partial charge in [0.15, 0.2) is 0 Å². The quantitative estimate of drug-likeness (QED) is 0.778. The van der Waals surface area contributed by atoms with E-state index in [1.165, 1.54) is 11.1 Å². The molecule has 0 amide bonds. The second-order valence-corrected chi connectivity index (χ2v) is 3.71. The fourth-order valence-electron chi connectivity index (χ4n) is 1.76. The van der Waals surface area contributed by atoms with E-state index in [1.807, 2.05) is 13.8 Å². The molecule has 0 aromatic heterocycles. The van der Waals surface area contributed by atoms with E-state index in [2.05, 4.69) is 36.5 Å². The Kier molecular flexibility index (Phi) is 4.79. The van der Waals surface area contributed by atoms with Crippen molar-refractivity contribution in [1.29, 1.82) is 0 Å². The van der Waals surface area contributed by atoms with Crippen LogP contribution >= 0.6 is 0 Å². The van der Waals surface area contributed by atoms with Crippen LogP contribution in [0.2, 0.25) is 0 Å². The van der Waals surface area contributed by atoms with Crippen molar-refractivity contribution in [2.45, 2.75) is 32.7 Å². The van der Waals surface area contributed by atoms with Crippen molar-refractivity contribution in [2.75, 3.05) is 13.2 Å². The second kappa shape index (κ2) is 5.89. The molecule has 0 radical (unpaired) electrons. The van der Waals surface area contributed by atoms with Gasteiger partial charge in [-0.2, -0.15) is 0 Å². The summed E-state index contributed by atoms with van der Waals surface area (Å²) in [5.74, 6) is 0.505. The van der Waals surface area contributed by atoms with Crippen LogP contribution in [0.25, 0.3) is 0 Å². The maximum atomic E-state index is 9.01. The molecule has 0 spiro atoms. The molecule has 1 aromatic carbocycles. The van der Waals surface area contributed by atoms with E-state index in [0.717, 1.165) is 6.54 Å². The molecule has 1 heterocycles. The van der Waals surface area contributed by atoms with Gasteiger partial charge in [0.2, 0.25) is 0 Å². The van der Waals surface area contributed by atoms with Crippen LogP contribution in [0.3, 0.4) is 0 Å². The van der Waals surface area contributed by atoms with Crippen LogP contribution < -0.4 is 5.32 Å². The van der Waals surface area contributed by atoms with E-state index < -0.39 is 0 Å². The summed E-state index contributed by atoms with van der Waals surface area (Å²) >= 11 is 0. The number of hydrogen-bond acceptors (Lipinski definition) is 2. The summed E-state index contributed by atoms with van der Waals surface area (Å²) in [6, 6.07) is 8.83. The van der Waals surface area contributed by atoms with E-state index >= 15 is 0 Å². The van der Waals surface area contributed by atoms with Crippen LogP contribution in [0.15, 0.2) is 24.3 Å². The normalized spacial score (nSPS) is 23.7. The lowest BCUT2D eigenvalue weighted by atomic mass is 9.85. The van der Waals surface area contributed by atoms with Crippen LogP contribution in [0.1, 0.15) is 30.9 Å². The average Bonchev–Trinajstić information content (AvgIpc) is 2.23. The molecule has 2 heteroatoms. The first kappa shape index (κ1) is 12.2. The fraction of sp³-hybridized carbons (Fsp3) is 0.538. The largest absolute Gasteiger partial charge is 0.395 e.